The number of rotatable bonds is 3. The fraction of sp³-hybridized carbons (Fsp3) is 0.111. The Morgan fingerprint density at radius 1 is 1.19 bits per heavy atom. The fourth-order valence-electron chi connectivity index (χ4n) is 2.88. The molecular weight excluding hydrogens is 357 g/mol. The van der Waals surface area contributed by atoms with Crippen LogP contribution >= 0.6 is 11.6 Å². The standard InChI is InChI=1S/C18H13ClFN5O/c1-2-25-14-8-7-12(20)9-13(14)15-16(25)21-18(24-23-15)22-17(26)10-3-5-11(19)6-4-10/h3-9H,2H2,1H3,(H,21,22,24,26). The summed E-state index contributed by atoms with van der Waals surface area (Å²) < 4.78 is 15.5. The molecule has 1 amide bonds. The Hall–Kier alpha value is -3.06. The number of hydrogen-bond acceptors (Lipinski definition) is 4. The summed E-state index contributed by atoms with van der Waals surface area (Å²) in [6, 6.07) is 11.0. The number of nitrogens with zero attached hydrogens (tertiary/aromatic N) is 4. The van der Waals surface area contributed by atoms with Gasteiger partial charge < -0.3 is 4.57 Å². The van der Waals surface area contributed by atoms with E-state index in [4.69, 9.17) is 11.6 Å². The summed E-state index contributed by atoms with van der Waals surface area (Å²) in [6.45, 7) is 2.57. The van der Waals surface area contributed by atoms with E-state index in [2.05, 4.69) is 20.5 Å². The molecule has 2 heterocycles. The van der Waals surface area contributed by atoms with E-state index in [1.807, 2.05) is 11.5 Å². The lowest BCUT2D eigenvalue weighted by atomic mass is 10.2. The number of anilines is 1. The second-order valence-corrected chi connectivity index (χ2v) is 6.11. The molecule has 0 aliphatic rings. The number of carbonyl (C=O) groups excluding carboxylic acids is 1. The molecule has 26 heavy (non-hydrogen) atoms. The highest BCUT2D eigenvalue weighted by Gasteiger charge is 2.16. The summed E-state index contributed by atoms with van der Waals surface area (Å²) in [6.07, 6.45) is 0. The van der Waals surface area contributed by atoms with Crippen LogP contribution in [0.2, 0.25) is 5.02 Å². The van der Waals surface area contributed by atoms with Crippen LogP contribution in [0.1, 0.15) is 17.3 Å². The van der Waals surface area contributed by atoms with E-state index in [-0.39, 0.29) is 17.7 Å². The molecule has 8 heteroatoms. The zero-order chi connectivity index (χ0) is 18.3. The van der Waals surface area contributed by atoms with Crippen molar-refractivity contribution >= 4 is 45.5 Å². The SMILES string of the molecule is CCn1c2ccc(F)cc2c2nnc(NC(=O)c3ccc(Cl)cc3)nc21. The first-order chi connectivity index (χ1) is 12.6. The van der Waals surface area contributed by atoms with Gasteiger partial charge in [0.2, 0.25) is 0 Å². The smallest absolute Gasteiger partial charge is 0.258 e. The fourth-order valence-corrected chi connectivity index (χ4v) is 3.00. The molecule has 0 saturated carbocycles. The maximum atomic E-state index is 13.6. The van der Waals surface area contributed by atoms with Crippen LogP contribution < -0.4 is 5.32 Å². The summed E-state index contributed by atoms with van der Waals surface area (Å²) in [7, 11) is 0. The lowest BCUT2D eigenvalue weighted by Gasteiger charge is -2.05. The lowest BCUT2D eigenvalue weighted by molar-refractivity contribution is 0.102. The van der Waals surface area contributed by atoms with Gasteiger partial charge in [-0.05, 0) is 49.4 Å². The Kier molecular flexibility index (Phi) is 4.00. The molecule has 6 nitrogen and oxygen atoms in total. The molecule has 1 N–H and O–H groups in total. The van der Waals surface area contributed by atoms with Crippen molar-refractivity contribution in [3.63, 3.8) is 0 Å². The summed E-state index contributed by atoms with van der Waals surface area (Å²) in [4.78, 5) is 16.7. The molecule has 0 fully saturated rings. The van der Waals surface area contributed by atoms with Crippen molar-refractivity contribution in [2.45, 2.75) is 13.5 Å². The van der Waals surface area contributed by atoms with E-state index in [0.29, 0.717) is 33.7 Å². The van der Waals surface area contributed by atoms with Gasteiger partial charge in [-0.3, -0.25) is 10.1 Å². The number of amides is 1. The third-order valence-electron chi connectivity index (χ3n) is 4.08. The third-order valence-corrected chi connectivity index (χ3v) is 4.33. The van der Waals surface area contributed by atoms with Gasteiger partial charge in [-0.25, -0.2) is 4.39 Å². The van der Waals surface area contributed by atoms with E-state index in [9.17, 15) is 9.18 Å². The highest BCUT2D eigenvalue weighted by Crippen LogP contribution is 2.27. The van der Waals surface area contributed by atoms with Crippen molar-refractivity contribution in [3.05, 3.63) is 58.9 Å². The van der Waals surface area contributed by atoms with E-state index in [1.165, 1.54) is 12.1 Å². The first-order valence-electron chi connectivity index (χ1n) is 7.96. The minimum absolute atomic E-state index is 0.0791. The predicted molar refractivity (Wildman–Crippen MR) is 97.9 cm³/mol. The highest BCUT2D eigenvalue weighted by molar-refractivity contribution is 6.30. The monoisotopic (exact) mass is 369 g/mol. The van der Waals surface area contributed by atoms with Crippen molar-refractivity contribution in [1.29, 1.82) is 0 Å². The van der Waals surface area contributed by atoms with E-state index in [0.717, 1.165) is 5.52 Å². The number of carbonyl (C=O) groups is 1. The first kappa shape index (κ1) is 16.4. The summed E-state index contributed by atoms with van der Waals surface area (Å²) in [5.41, 5.74) is 2.27. The number of aromatic nitrogens is 4. The van der Waals surface area contributed by atoms with Gasteiger partial charge >= 0.3 is 0 Å². The van der Waals surface area contributed by atoms with Crippen molar-refractivity contribution in [2.24, 2.45) is 0 Å². The number of halogens is 2. The zero-order valence-corrected chi connectivity index (χ0v) is 14.5. The van der Waals surface area contributed by atoms with E-state index >= 15 is 0 Å². The van der Waals surface area contributed by atoms with Crippen LogP contribution in [0.15, 0.2) is 42.5 Å². The maximum absolute atomic E-state index is 13.6. The summed E-state index contributed by atoms with van der Waals surface area (Å²) >= 11 is 5.83. The molecule has 2 aromatic heterocycles. The van der Waals surface area contributed by atoms with Crippen LogP contribution in [0.3, 0.4) is 0 Å². The molecular formula is C18H13ClFN5O. The molecule has 4 aromatic rings. The number of aryl methyl sites for hydroxylation is 1. The Bertz CT molecular complexity index is 1140. The molecule has 0 aliphatic carbocycles. The molecule has 0 saturated heterocycles. The minimum Gasteiger partial charge on any atom is -0.324 e. The van der Waals surface area contributed by atoms with Gasteiger partial charge in [0.25, 0.3) is 11.9 Å². The highest BCUT2D eigenvalue weighted by atomic mass is 35.5. The molecule has 130 valence electrons. The maximum Gasteiger partial charge on any atom is 0.258 e. The number of nitrogens with one attached hydrogen (secondary N) is 1. The van der Waals surface area contributed by atoms with Crippen LogP contribution in [0, 0.1) is 5.82 Å². The number of hydrogen-bond donors (Lipinski definition) is 1. The van der Waals surface area contributed by atoms with Gasteiger partial charge in [0.1, 0.15) is 11.3 Å². The van der Waals surface area contributed by atoms with Crippen molar-refractivity contribution in [2.75, 3.05) is 5.32 Å². The van der Waals surface area contributed by atoms with Crippen molar-refractivity contribution < 1.29 is 9.18 Å². The number of benzene rings is 2. The van der Waals surface area contributed by atoms with Crippen LogP contribution in [0.25, 0.3) is 22.1 Å². The average Bonchev–Trinajstić information content (AvgIpc) is 2.94. The van der Waals surface area contributed by atoms with Gasteiger partial charge in [0.15, 0.2) is 5.65 Å². The van der Waals surface area contributed by atoms with Crippen LogP contribution in [0.4, 0.5) is 10.3 Å². The van der Waals surface area contributed by atoms with Gasteiger partial charge in [0, 0.05) is 22.5 Å². The van der Waals surface area contributed by atoms with E-state index < -0.39 is 0 Å². The molecule has 0 unspecified atom stereocenters. The third kappa shape index (κ3) is 2.76. The summed E-state index contributed by atoms with van der Waals surface area (Å²) in [5.74, 6) is -0.641. The Labute approximate surface area is 152 Å². The Balaban J connectivity index is 1.76. The van der Waals surface area contributed by atoms with Crippen molar-refractivity contribution in [3.8, 4) is 0 Å². The largest absolute Gasteiger partial charge is 0.324 e. The van der Waals surface area contributed by atoms with Gasteiger partial charge in [-0.15, -0.1) is 10.2 Å². The second kappa shape index (κ2) is 6.34. The summed E-state index contributed by atoms with van der Waals surface area (Å²) in [5, 5.41) is 11.9. The minimum atomic E-state index is -0.368. The quantitative estimate of drug-likeness (QED) is 0.591. The van der Waals surface area contributed by atoms with Crippen LogP contribution in [0.5, 0.6) is 0 Å². The Morgan fingerprint density at radius 2 is 1.96 bits per heavy atom. The van der Waals surface area contributed by atoms with Gasteiger partial charge in [0.05, 0.1) is 5.52 Å². The Morgan fingerprint density at radius 3 is 2.69 bits per heavy atom. The van der Waals surface area contributed by atoms with Crippen LogP contribution in [-0.2, 0) is 6.54 Å². The van der Waals surface area contributed by atoms with Crippen LogP contribution in [-0.4, -0.2) is 25.7 Å². The molecule has 2 aromatic carbocycles. The molecule has 0 aliphatic heterocycles. The molecule has 4 rings (SSSR count). The van der Waals surface area contributed by atoms with Gasteiger partial charge in [-0.1, -0.05) is 11.6 Å². The average molecular weight is 370 g/mol. The molecule has 0 bridgehead atoms. The molecule has 0 radical (unpaired) electrons. The zero-order valence-electron chi connectivity index (χ0n) is 13.7. The normalized spacial score (nSPS) is 11.2. The number of fused-ring (bicyclic) bond motifs is 3. The van der Waals surface area contributed by atoms with E-state index in [1.54, 1.807) is 30.3 Å². The van der Waals surface area contributed by atoms with Gasteiger partial charge in [-0.2, -0.15) is 4.98 Å². The lowest BCUT2D eigenvalue weighted by Crippen LogP contribution is -2.15. The second-order valence-electron chi connectivity index (χ2n) is 5.67. The van der Waals surface area contributed by atoms with Crippen molar-refractivity contribution in [1.82, 2.24) is 19.7 Å². The predicted octanol–water partition coefficient (Wildman–Crippen LogP) is 4.04. The topological polar surface area (TPSA) is 72.7 Å². The molecule has 0 spiro atoms. The first-order valence-corrected chi connectivity index (χ1v) is 8.33. The molecule has 0 atom stereocenters.